The molecule has 2 aromatic rings. The van der Waals surface area contributed by atoms with Crippen molar-refractivity contribution in [1.29, 1.82) is 5.26 Å². The van der Waals surface area contributed by atoms with E-state index in [9.17, 15) is 4.39 Å². The normalized spacial score (nSPS) is 10.2. The quantitative estimate of drug-likeness (QED) is 0.829. The first-order valence-corrected chi connectivity index (χ1v) is 6.06. The van der Waals surface area contributed by atoms with Crippen LogP contribution < -0.4 is 4.74 Å². The molecule has 0 unspecified atom stereocenters. The third-order valence-electron chi connectivity index (χ3n) is 2.70. The number of aromatic nitrogens is 2. The maximum Gasteiger partial charge on any atom is 0.166 e. The van der Waals surface area contributed by atoms with Crippen LogP contribution in [0.5, 0.6) is 5.75 Å². The highest BCUT2D eigenvalue weighted by atomic mass is 19.1. The minimum absolute atomic E-state index is 0.142. The van der Waals surface area contributed by atoms with Gasteiger partial charge in [0.05, 0.1) is 29.9 Å². The average Bonchev–Trinajstić information content (AvgIpc) is 2.85. The number of nitrogens with zero attached hydrogens (tertiary/aromatic N) is 3. The number of benzene rings is 1. The summed E-state index contributed by atoms with van der Waals surface area (Å²) < 4.78 is 21.0. The zero-order valence-corrected chi connectivity index (χ0v) is 10.6. The van der Waals surface area contributed by atoms with Crippen molar-refractivity contribution in [3.8, 4) is 11.8 Å². The van der Waals surface area contributed by atoms with Gasteiger partial charge >= 0.3 is 0 Å². The molecule has 0 bridgehead atoms. The van der Waals surface area contributed by atoms with Crippen molar-refractivity contribution in [2.45, 2.75) is 26.5 Å². The van der Waals surface area contributed by atoms with Crippen LogP contribution in [0.15, 0.2) is 30.7 Å². The highest BCUT2D eigenvalue weighted by molar-refractivity contribution is 5.36. The predicted octanol–water partition coefficient (Wildman–Crippen LogP) is 2.88. The monoisotopic (exact) mass is 259 g/mol. The van der Waals surface area contributed by atoms with Crippen molar-refractivity contribution in [3.05, 3.63) is 47.8 Å². The maximum absolute atomic E-state index is 13.6. The fourth-order valence-corrected chi connectivity index (χ4v) is 1.75. The molecule has 5 heteroatoms. The van der Waals surface area contributed by atoms with Crippen molar-refractivity contribution >= 4 is 0 Å². The Kier molecular flexibility index (Phi) is 4.14. The average molecular weight is 259 g/mol. The van der Waals surface area contributed by atoms with Crippen LogP contribution >= 0.6 is 0 Å². The molecule has 98 valence electrons. The third-order valence-corrected chi connectivity index (χ3v) is 2.70. The number of aryl methyl sites for hydroxylation is 1. The van der Waals surface area contributed by atoms with Gasteiger partial charge < -0.3 is 9.30 Å². The summed E-state index contributed by atoms with van der Waals surface area (Å²) >= 11 is 0. The van der Waals surface area contributed by atoms with E-state index in [0.29, 0.717) is 0 Å². The van der Waals surface area contributed by atoms with Gasteiger partial charge in [-0.05, 0) is 24.6 Å². The Morgan fingerprint density at radius 1 is 1.47 bits per heavy atom. The molecule has 0 atom stereocenters. The highest BCUT2D eigenvalue weighted by Crippen LogP contribution is 2.19. The number of rotatable bonds is 5. The van der Waals surface area contributed by atoms with Crippen LogP contribution in [0.2, 0.25) is 0 Å². The largest absolute Gasteiger partial charge is 0.484 e. The highest BCUT2D eigenvalue weighted by Gasteiger charge is 2.07. The molecule has 2 rings (SSSR count). The zero-order valence-electron chi connectivity index (χ0n) is 10.6. The van der Waals surface area contributed by atoms with Crippen molar-refractivity contribution in [1.82, 2.24) is 9.55 Å². The second-order valence-corrected chi connectivity index (χ2v) is 4.12. The number of hydrogen-bond donors (Lipinski definition) is 0. The Hall–Kier alpha value is -2.35. The molecule has 0 saturated heterocycles. The van der Waals surface area contributed by atoms with Gasteiger partial charge in [-0.3, -0.25) is 0 Å². The number of ether oxygens (including phenoxy) is 1. The van der Waals surface area contributed by atoms with E-state index >= 15 is 0 Å². The van der Waals surface area contributed by atoms with Gasteiger partial charge in [-0.2, -0.15) is 5.26 Å². The molecule has 1 aromatic heterocycles. The van der Waals surface area contributed by atoms with Gasteiger partial charge in [0.15, 0.2) is 11.6 Å². The lowest BCUT2D eigenvalue weighted by molar-refractivity contribution is 0.280. The number of halogens is 1. The molecule has 0 amide bonds. The molecular formula is C14H14FN3O. The molecule has 1 heterocycles. The van der Waals surface area contributed by atoms with Gasteiger partial charge in [-0.25, -0.2) is 9.37 Å². The van der Waals surface area contributed by atoms with Gasteiger partial charge in [0, 0.05) is 6.54 Å². The van der Waals surface area contributed by atoms with Crippen LogP contribution in [-0.4, -0.2) is 9.55 Å². The van der Waals surface area contributed by atoms with E-state index in [2.05, 4.69) is 11.9 Å². The number of nitriles is 1. The van der Waals surface area contributed by atoms with Gasteiger partial charge in [-0.1, -0.05) is 6.92 Å². The minimum Gasteiger partial charge on any atom is -0.484 e. The standard InChI is InChI=1S/C14H14FN3O/c1-2-5-18-10-17-8-12(18)9-19-14-4-3-11(7-16)6-13(14)15/h3-4,6,8,10H,2,5,9H2,1H3. The molecule has 0 radical (unpaired) electrons. The van der Waals surface area contributed by atoms with E-state index in [1.807, 2.05) is 10.6 Å². The molecule has 0 aliphatic heterocycles. The second-order valence-electron chi connectivity index (χ2n) is 4.12. The molecule has 1 aromatic carbocycles. The van der Waals surface area contributed by atoms with Crippen LogP contribution in [-0.2, 0) is 13.2 Å². The molecule has 0 spiro atoms. The van der Waals surface area contributed by atoms with Crippen molar-refractivity contribution < 1.29 is 9.13 Å². The predicted molar refractivity (Wildman–Crippen MR) is 68.0 cm³/mol. The van der Waals surface area contributed by atoms with Crippen LogP contribution in [0.4, 0.5) is 4.39 Å². The summed E-state index contributed by atoms with van der Waals surface area (Å²) in [6.45, 7) is 3.18. The molecule has 0 N–H and O–H groups in total. The van der Waals surface area contributed by atoms with E-state index in [1.54, 1.807) is 12.5 Å². The van der Waals surface area contributed by atoms with Crippen molar-refractivity contribution in [2.24, 2.45) is 0 Å². The van der Waals surface area contributed by atoms with Gasteiger partial charge in [0.25, 0.3) is 0 Å². The fraction of sp³-hybridized carbons (Fsp3) is 0.286. The molecule has 0 saturated carbocycles. The summed E-state index contributed by atoms with van der Waals surface area (Å²) in [5.74, 6) is -0.385. The smallest absolute Gasteiger partial charge is 0.166 e. The van der Waals surface area contributed by atoms with Gasteiger partial charge in [-0.15, -0.1) is 0 Å². The lowest BCUT2D eigenvalue weighted by Crippen LogP contribution is -2.05. The lowest BCUT2D eigenvalue weighted by atomic mass is 10.2. The first kappa shape index (κ1) is 13.1. The van der Waals surface area contributed by atoms with Gasteiger partial charge in [0.2, 0.25) is 0 Å². The van der Waals surface area contributed by atoms with Crippen molar-refractivity contribution in [3.63, 3.8) is 0 Å². The maximum atomic E-state index is 13.6. The van der Waals surface area contributed by atoms with E-state index in [1.165, 1.54) is 18.2 Å². The third kappa shape index (κ3) is 3.10. The van der Waals surface area contributed by atoms with Crippen LogP contribution in [0.3, 0.4) is 0 Å². The minimum atomic E-state index is -0.527. The van der Waals surface area contributed by atoms with Crippen molar-refractivity contribution in [2.75, 3.05) is 0 Å². The number of imidazole rings is 1. The van der Waals surface area contributed by atoms with E-state index in [-0.39, 0.29) is 17.9 Å². The zero-order chi connectivity index (χ0) is 13.7. The van der Waals surface area contributed by atoms with Gasteiger partial charge in [0.1, 0.15) is 6.61 Å². The Morgan fingerprint density at radius 3 is 3.00 bits per heavy atom. The molecule has 4 nitrogen and oxygen atoms in total. The van der Waals surface area contributed by atoms with Crippen LogP contribution in [0.1, 0.15) is 24.6 Å². The molecule has 0 aliphatic carbocycles. The molecule has 0 fully saturated rings. The molecular weight excluding hydrogens is 245 g/mol. The Labute approximate surface area is 111 Å². The topological polar surface area (TPSA) is 50.8 Å². The molecule has 0 aliphatic rings. The summed E-state index contributed by atoms with van der Waals surface area (Å²) in [6.07, 6.45) is 4.43. The van der Waals surface area contributed by atoms with E-state index in [4.69, 9.17) is 10.00 Å². The van der Waals surface area contributed by atoms with Crippen LogP contribution in [0, 0.1) is 17.1 Å². The summed E-state index contributed by atoms with van der Waals surface area (Å²) in [5, 5.41) is 8.66. The summed E-state index contributed by atoms with van der Waals surface area (Å²) in [6, 6.07) is 6.04. The Morgan fingerprint density at radius 2 is 2.32 bits per heavy atom. The summed E-state index contributed by atoms with van der Waals surface area (Å²) in [7, 11) is 0. The lowest BCUT2D eigenvalue weighted by Gasteiger charge is -2.09. The van der Waals surface area contributed by atoms with Crippen LogP contribution in [0.25, 0.3) is 0 Å². The molecule has 19 heavy (non-hydrogen) atoms. The first-order chi connectivity index (χ1) is 9.24. The van der Waals surface area contributed by atoms with E-state index < -0.39 is 5.82 Å². The summed E-state index contributed by atoms with van der Waals surface area (Å²) in [4.78, 5) is 4.05. The first-order valence-electron chi connectivity index (χ1n) is 6.06. The fourth-order valence-electron chi connectivity index (χ4n) is 1.75. The number of hydrogen-bond acceptors (Lipinski definition) is 3. The summed E-state index contributed by atoms with van der Waals surface area (Å²) in [5.41, 5.74) is 1.17. The second kappa shape index (κ2) is 6.01. The SMILES string of the molecule is CCCn1cncc1COc1ccc(C#N)cc1F. The Bertz CT molecular complexity index is 601. The Balaban J connectivity index is 2.06. The van der Waals surface area contributed by atoms with E-state index in [0.717, 1.165) is 18.7 Å².